The summed E-state index contributed by atoms with van der Waals surface area (Å²) >= 11 is 0. The highest BCUT2D eigenvalue weighted by atomic mass is 16.5. The molecule has 0 aliphatic heterocycles. The van der Waals surface area contributed by atoms with E-state index in [1.165, 1.54) is 18.4 Å². The molecule has 1 aromatic heterocycles. The molecule has 1 unspecified atom stereocenters. The van der Waals surface area contributed by atoms with Crippen molar-refractivity contribution in [1.29, 1.82) is 0 Å². The lowest BCUT2D eigenvalue weighted by Gasteiger charge is -2.29. The molecule has 5 rings (SSSR count). The first kappa shape index (κ1) is 25.2. The van der Waals surface area contributed by atoms with Gasteiger partial charge in [-0.25, -0.2) is 4.98 Å². The Morgan fingerprint density at radius 1 is 1.19 bits per heavy atom. The number of nitrogens with zero attached hydrogens (tertiary/aromatic N) is 2. The predicted octanol–water partition coefficient (Wildman–Crippen LogP) is 7.29. The molecule has 37 heavy (non-hydrogen) atoms. The Morgan fingerprint density at radius 3 is 2.76 bits per heavy atom. The summed E-state index contributed by atoms with van der Waals surface area (Å²) in [7, 11) is 0. The number of hydrogen-bond acceptors (Lipinski definition) is 4. The van der Waals surface area contributed by atoms with E-state index in [4.69, 9.17) is 10.5 Å². The van der Waals surface area contributed by atoms with E-state index in [9.17, 15) is 4.79 Å². The van der Waals surface area contributed by atoms with Crippen molar-refractivity contribution in [2.24, 2.45) is 11.3 Å². The number of carbonyl (C=O) groups is 1. The molecule has 6 nitrogen and oxygen atoms in total. The van der Waals surface area contributed by atoms with Crippen molar-refractivity contribution in [3.63, 3.8) is 0 Å². The number of nitrogen functional groups attached to an aromatic ring is 1. The molecule has 1 fully saturated rings. The molecule has 3 N–H and O–H groups in total. The zero-order valence-electron chi connectivity index (χ0n) is 22.2. The Hall–Kier alpha value is -3.50. The van der Waals surface area contributed by atoms with Crippen LogP contribution in [0.3, 0.4) is 0 Å². The van der Waals surface area contributed by atoms with Crippen LogP contribution in [0.25, 0.3) is 11.0 Å². The summed E-state index contributed by atoms with van der Waals surface area (Å²) in [4.78, 5) is 17.7. The minimum absolute atomic E-state index is 0.0285. The van der Waals surface area contributed by atoms with Gasteiger partial charge in [0.1, 0.15) is 11.5 Å². The Labute approximate surface area is 219 Å². The van der Waals surface area contributed by atoms with Gasteiger partial charge in [0, 0.05) is 18.5 Å². The molecule has 2 bridgehead atoms. The SMILES string of the molecule is CC(C)(C)C[C@H](CCC(=O)NC1=C=C2CCCC(C2)C1)n1c(N)nc2ccc(Oc3ccccc3)cc21. The zero-order valence-corrected chi connectivity index (χ0v) is 22.2. The molecule has 2 atom stereocenters. The van der Waals surface area contributed by atoms with Crippen LogP contribution in [-0.2, 0) is 4.79 Å². The number of carbonyl (C=O) groups excluding carboxylic acids is 1. The summed E-state index contributed by atoms with van der Waals surface area (Å²) < 4.78 is 8.18. The van der Waals surface area contributed by atoms with Gasteiger partial charge in [0.2, 0.25) is 11.9 Å². The lowest BCUT2D eigenvalue weighted by molar-refractivity contribution is -0.120. The molecule has 2 aliphatic rings. The number of aromatic nitrogens is 2. The van der Waals surface area contributed by atoms with Crippen LogP contribution >= 0.6 is 0 Å². The standard InChI is InChI=1S/C31H38N4O2/c1-31(2,3)20-24(12-15-29(36)33-23-17-21-8-7-9-22(16-21)18-23)35-28-19-26(13-14-27(28)34-30(35)32)37-25-10-5-4-6-11-25/h4-6,10-11,13-14,19,21,24H,7-9,12,15-17,20H2,1-3H3,(H2,32,34)(H,33,36)/t21?,24-/m0/s1. The van der Waals surface area contributed by atoms with Gasteiger partial charge >= 0.3 is 0 Å². The lowest BCUT2D eigenvalue weighted by Crippen LogP contribution is -2.27. The molecule has 6 heteroatoms. The number of fused-ring (bicyclic) bond motifs is 3. The maximum absolute atomic E-state index is 13.0. The zero-order chi connectivity index (χ0) is 26.0. The number of nitrogens with one attached hydrogen (secondary N) is 1. The van der Waals surface area contributed by atoms with E-state index in [2.05, 4.69) is 41.4 Å². The van der Waals surface area contributed by atoms with Gasteiger partial charge in [-0.15, -0.1) is 5.73 Å². The van der Waals surface area contributed by atoms with Crippen LogP contribution in [0.1, 0.15) is 78.2 Å². The highest BCUT2D eigenvalue weighted by Gasteiger charge is 2.26. The van der Waals surface area contributed by atoms with Crippen LogP contribution in [0.5, 0.6) is 11.5 Å². The number of allylic oxidation sites excluding steroid dienone is 1. The largest absolute Gasteiger partial charge is 0.457 e. The summed E-state index contributed by atoms with van der Waals surface area (Å²) in [5.41, 5.74) is 14.1. The van der Waals surface area contributed by atoms with E-state index in [1.54, 1.807) is 0 Å². The quantitative estimate of drug-likeness (QED) is 0.320. The van der Waals surface area contributed by atoms with Crippen LogP contribution in [0.4, 0.5) is 5.95 Å². The number of imidazole rings is 1. The van der Waals surface area contributed by atoms with Gasteiger partial charge in [0.05, 0.1) is 16.7 Å². The van der Waals surface area contributed by atoms with Crippen molar-refractivity contribution in [2.45, 2.75) is 78.2 Å². The van der Waals surface area contributed by atoms with Crippen molar-refractivity contribution in [3.8, 4) is 11.5 Å². The van der Waals surface area contributed by atoms with E-state index in [0.29, 0.717) is 24.7 Å². The number of amides is 1. The molecule has 1 amide bonds. The van der Waals surface area contributed by atoms with Crippen LogP contribution in [0.2, 0.25) is 0 Å². The van der Waals surface area contributed by atoms with Gasteiger partial charge in [0.25, 0.3) is 0 Å². The highest BCUT2D eigenvalue weighted by molar-refractivity contribution is 5.80. The van der Waals surface area contributed by atoms with E-state index in [1.807, 2.05) is 48.5 Å². The van der Waals surface area contributed by atoms with E-state index in [0.717, 1.165) is 53.9 Å². The fourth-order valence-electron chi connectivity index (χ4n) is 5.80. The van der Waals surface area contributed by atoms with Crippen molar-refractivity contribution in [2.75, 3.05) is 5.73 Å². The smallest absolute Gasteiger partial charge is 0.224 e. The van der Waals surface area contributed by atoms with Crippen molar-refractivity contribution >= 4 is 22.9 Å². The fraction of sp³-hybridized carbons (Fsp3) is 0.452. The lowest BCUT2D eigenvalue weighted by atomic mass is 9.80. The topological polar surface area (TPSA) is 82.2 Å². The second kappa shape index (κ2) is 10.5. The van der Waals surface area contributed by atoms with Crippen molar-refractivity contribution < 1.29 is 9.53 Å². The summed E-state index contributed by atoms with van der Waals surface area (Å²) in [6.45, 7) is 6.66. The molecule has 0 spiro atoms. The molecule has 0 saturated heterocycles. The van der Waals surface area contributed by atoms with Crippen LogP contribution in [0.15, 0.2) is 65.5 Å². The molecule has 1 saturated carbocycles. The molecule has 1 heterocycles. The Kier molecular flexibility index (Phi) is 7.12. The number of para-hydroxylation sites is 1. The van der Waals surface area contributed by atoms with E-state index >= 15 is 0 Å². The molecular weight excluding hydrogens is 460 g/mol. The Bertz CT molecular complexity index is 1340. The molecule has 2 aliphatic carbocycles. The van der Waals surface area contributed by atoms with Crippen LogP contribution < -0.4 is 15.8 Å². The first-order chi connectivity index (χ1) is 17.7. The Morgan fingerprint density at radius 2 is 2.00 bits per heavy atom. The van der Waals surface area contributed by atoms with Crippen LogP contribution in [-0.4, -0.2) is 15.5 Å². The maximum atomic E-state index is 13.0. The minimum Gasteiger partial charge on any atom is -0.457 e. The predicted molar refractivity (Wildman–Crippen MR) is 148 cm³/mol. The number of rotatable bonds is 8. The van der Waals surface area contributed by atoms with Gasteiger partial charge in [-0.05, 0) is 86.1 Å². The number of ether oxygens (including phenoxy) is 1. The van der Waals surface area contributed by atoms with Gasteiger partial charge in [-0.1, -0.05) is 39.0 Å². The summed E-state index contributed by atoms with van der Waals surface area (Å²) in [6.07, 6.45) is 7.67. The third kappa shape index (κ3) is 6.26. The third-order valence-corrected chi connectivity index (χ3v) is 7.32. The third-order valence-electron chi connectivity index (χ3n) is 7.32. The first-order valence-corrected chi connectivity index (χ1v) is 13.5. The van der Waals surface area contributed by atoms with E-state index < -0.39 is 0 Å². The number of nitrogens with two attached hydrogens (primary N) is 1. The first-order valence-electron chi connectivity index (χ1n) is 13.5. The van der Waals surface area contributed by atoms with Crippen LogP contribution in [0, 0.1) is 11.3 Å². The molecule has 3 aromatic rings. The average molecular weight is 499 g/mol. The second-order valence-electron chi connectivity index (χ2n) is 11.8. The normalized spacial score (nSPS) is 18.2. The highest BCUT2D eigenvalue weighted by Crippen LogP contribution is 2.37. The summed E-state index contributed by atoms with van der Waals surface area (Å²) in [5, 5.41) is 3.17. The second-order valence-corrected chi connectivity index (χ2v) is 11.8. The monoisotopic (exact) mass is 498 g/mol. The van der Waals surface area contributed by atoms with Gasteiger partial charge in [-0.2, -0.15) is 0 Å². The van der Waals surface area contributed by atoms with Crippen molar-refractivity contribution in [1.82, 2.24) is 14.9 Å². The van der Waals surface area contributed by atoms with Gasteiger partial charge in [0.15, 0.2) is 0 Å². The number of hydrogen-bond donors (Lipinski definition) is 2. The Balaban J connectivity index is 1.37. The summed E-state index contributed by atoms with van der Waals surface area (Å²) in [5.74, 6) is 2.69. The molecular formula is C31H38N4O2. The average Bonchev–Trinajstić information content (AvgIpc) is 3.16. The number of benzene rings is 2. The minimum atomic E-state index is 0.0285. The van der Waals surface area contributed by atoms with E-state index in [-0.39, 0.29) is 17.4 Å². The molecule has 2 aromatic carbocycles. The summed E-state index contributed by atoms with van der Waals surface area (Å²) in [6, 6.07) is 15.6. The van der Waals surface area contributed by atoms with Gasteiger partial charge < -0.3 is 20.4 Å². The fourth-order valence-corrected chi connectivity index (χ4v) is 5.80. The maximum Gasteiger partial charge on any atom is 0.224 e. The van der Waals surface area contributed by atoms with Crippen molar-refractivity contribution in [3.05, 3.63) is 65.5 Å². The number of anilines is 1. The molecule has 194 valence electrons. The van der Waals surface area contributed by atoms with Gasteiger partial charge in [-0.3, -0.25) is 4.79 Å². The molecule has 0 radical (unpaired) electrons.